The molecule has 67 heavy (non-hydrogen) atoms. The molecule has 0 bridgehead atoms. The van der Waals surface area contributed by atoms with Crippen LogP contribution in [0.1, 0.15) is 56.8 Å². The number of nitrogens with one attached hydrogen (secondary N) is 3. The minimum absolute atomic E-state index is 0. The van der Waals surface area contributed by atoms with Crippen molar-refractivity contribution in [2.24, 2.45) is 4.99 Å². The summed E-state index contributed by atoms with van der Waals surface area (Å²) in [7, 11) is 0. The van der Waals surface area contributed by atoms with E-state index in [2.05, 4.69) is 45.0 Å². The fraction of sp³-hybridized carbons (Fsp3) is 0.319. The van der Waals surface area contributed by atoms with Crippen LogP contribution in [0.3, 0.4) is 0 Å². The maximum Gasteiger partial charge on any atom is 0.417 e. The van der Waals surface area contributed by atoms with Gasteiger partial charge >= 0.3 is 6.18 Å². The Bertz CT molecular complexity index is 2750. The number of hydrogen-bond acceptors (Lipinski definition) is 12. The van der Waals surface area contributed by atoms with Gasteiger partial charge < -0.3 is 34.9 Å². The van der Waals surface area contributed by atoms with Crippen LogP contribution in [0, 0.1) is 20.8 Å². The highest BCUT2D eigenvalue weighted by Crippen LogP contribution is 2.41. The number of thiophene rings is 1. The summed E-state index contributed by atoms with van der Waals surface area (Å²) in [4.78, 5) is 35.7. The lowest BCUT2D eigenvalue weighted by molar-refractivity contribution is -0.137. The SMILES string of the molecule is Cc1sc2c(c1C)C(c1ccc(Cl)cc1)=N[C@@H](CC(=O)Nc1ccc(OCCOCCOCCOCCNc3cc(C(F)(F)F)c(-c4ccc5c(c4)CC(=O)N5)cn3)cc1)c1nnc(C)n1-2.S. The molecule has 0 fully saturated rings. The van der Waals surface area contributed by atoms with Gasteiger partial charge in [0.1, 0.15) is 35.0 Å². The summed E-state index contributed by atoms with van der Waals surface area (Å²) >= 11 is 7.88. The fourth-order valence-electron chi connectivity index (χ4n) is 7.58. The summed E-state index contributed by atoms with van der Waals surface area (Å²) in [6.07, 6.45) is -3.26. The van der Waals surface area contributed by atoms with E-state index in [9.17, 15) is 22.8 Å². The predicted molar refractivity (Wildman–Crippen MR) is 257 cm³/mol. The van der Waals surface area contributed by atoms with Crippen molar-refractivity contribution in [3.05, 3.63) is 128 Å². The van der Waals surface area contributed by atoms with Crippen LogP contribution in [0.5, 0.6) is 5.75 Å². The highest BCUT2D eigenvalue weighted by molar-refractivity contribution is 7.59. The zero-order valence-corrected chi connectivity index (χ0v) is 39.3. The Balaban J connectivity index is 0.00000666. The molecule has 352 valence electrons. The van der Waals surface area contributed by atoms with Crippen molar-refractivity contribution in [1.29, 1.82) is 0 Å². The minimum atomic E-state index is -4.61. The van der Waals surface area contributed by atoms with Gasteiger partial charge in [-0.1, -0.05) is 29.8 Å². The largest absolute Gasteiger partial charge is 0.491 e. The Morgan fingerprint density at radius 1 is 0.896 bits per heavy atom. The molecule has 3 aromatic carbocycles. The molecule has 20 heteroatoms. The monoisotopic (exact) mass is 976 g/mol. The molecule has 0 unspecified atom stereocenters. The van der Waals surface area contributed by atoms with E-state index in [0.29, 0.717) is 78.0 Å². The third-order valence-electron chi connectivity index (χ3n) is 10.9. The van der Waals surface area contributed by atoms with E-state index in [1.54, 1.807) is 53.8 Å². The number of halogens is 4. The number of alkyl halides is 3. The van der Waals surface area contributed by atoms with Crippen LogP contribution >= 0.6 is 36.4 Å². The Morgan fingerprint density at radius 3 is 2.30 bits per heavy atom. The van der Waals surface area contributed by atoms with Crippen LogP contribution in [0.25, 0.3) is 16.1 Å². The molecule has 1 atom stereocenters. The number of ether oxygens (including phenoxy) is 4. The summed E-state index contributed by atoms with van der Waals surface area (Å²) in [5, 5.41) is 19.0. The molecule has 2 amide bonds. The van der Waals surface area contributed by atoms with E-state index in [1.165, 1.54) is 6.20 Å². The molecule has 3 N–H and O–H groups in total. The number of aryl methyl sites for hydroxylation is 2. The Hall–Kier alpha value is -5.83. The molecule has 2 aliphatic rings. The van der Waals surface area contributed by atoms with Gasteiger partial charge in [0, 0.05) is 50.7 Å². The van der Waals surface area contributed by atoms with Gasteiger partial charge in [0.15, 0.2) is 5.82 Å². The minimum Gasteiger partial charge on any atom is -0.491 e. The highest BCUT2D eigenvalue weighted by Gasteiger charge is 2.35. The zero-order valence-electron chi connectivity index (χ0n) is 36.8. The summed E-state index contributed by atoms with van der Waals surface area (Å²) in [6, 6.07) is 19.7. The number of anilines is 3. The zero-order chi connectivity index (χ0) is 46.4. The van der Waals surface area contributed by atoms with Crippen molar-refractivity contribution in [2.45, 2.75) is 45.8 Å². The van der Waals surface area contributed by atoms with Gasteiger partial charge in [-0.2, -0.15) is 26.7 Å². The predicted octanol–water partition coefficient (Wildman–Crippen LogP) is 9.06. The number of hydrogen-bond donors (Lipinski definition) is 3. The van der Waals surface area contributed by atoms with Gasteiger partial charge in [0.2, 0.25) is 11.8 Å². The number of amides is 2. The highest BCUT2D eigenvalue weighted by atomic mass is 35.5. The first-order valence-electron chi connectivity index (χ1n) is 21.2. The summed E-state index contributed by atoms with van der Waals surface area (Å²) in [6.45, 7) is 8.44. The first kappa shape index (κ1) is 49.1. The normalized spacial score (nSPS) is 14.0. The lowest BCUT2D eigenvalue weighted by Gasteiger charge is -2.15. The number of carbonyl (C=O) groups excluding carboxylic acids is 2. The lowest BCUT2D eigenvalue weighted by Crippen LogP contribution is -2.17. The third-order valence-corrected chi connectivity index (χ3v) is 12.4. The molecule has 6 aromatic rings. The topological polar surface area (TPSA) is 163 Å². The molecule has 0 aliphatic carbocycles. The molecule has 2 aliphatic heterocycles. The van der Waals surface area contributed by atoms with E-state index in [4.69, 9.17) is 35.5 Å². The van der Waals surface area contributed by atoms with Crippen LogP contribution in [0.15, 0.2) is 84.0 Å². The second-order valence-corrected chi connectivity index (χ2v) is 17.1. The number of aromatic nitrogens is 4. The molecule has 0 spiro atoms. The Morgan fingerprint density at radius 2 is 1.58 bits per heavy atom. The van der Waals surface area contributed by atoms with Crippen molar-refractivity contribution >= 4 is 71.2 Å². The van der Waals surface area contributed by atoms with E-state index in [0.717, 1.165) is 38.3 Å². The average Bonchev–Trinajstić information content (AvgIpc) is 3.93. The maximum absolute atomic E-state index is 14.0. The van der Waals surface area contributed by atoms with Crippen LogP contribution in [-0.2, 0) is 36.4 Å². The lowest BCUT2D eigenvalue weighted by atomic mass is 9.98. The van der Waals surface area contributed by atoms with Gasteiger partial charge in [-0.15, -0.1) is 21.5 Å². The molecule has 0 saturated carbocycles. The first-order chi connectivity index (χ1) is 31.8. The van der Waals surface area contributed by atoms with Crippen LogP contribution in [0.2, 0.25) is 5.02 Å². The number of benzene rings is 3. The second kappa shape index (κ2) is 21.9. The van der Waals surface area contributed by atoms with Crippen molar-refractivity contribution in [2.75, 3.05) is 68.7 Å². The van der Waals surface area contributed by atoms with Crippen LogP contribution < -0.4 is 20.7 Å². The van der Waals surface area contributed by atoms with E-state index in [-0.39, 0.29) is 69.3 Å². The van der Waals surface area contributed by atoms with Crippen molar-refractivity contribution in [1.82, 2.24) is 19.7 Å². The Labute approximate surface area is 400 Å². The van der Waals surface area contributed by atoms with E-state index < -0.39 is 17.8 Å². The molecule has 3 aromatic heterocycles. The van der Waals surface area contributed by atoms with Crippen molar-refractivity contribution < 1.29 is 41.7 Å². The number of aliphatic imine (C=N–C) groups is 1. The van der Waals surface area contributed by atoms with Crippen molar-refractivity contribution in [3.63, 3.8) is 0 Å². The first-order valence-corrected chi connectivity index (χ1v) is 22.4. The molecule has 8 rings (SSSR count). The summed E-state index contributed by atoms with van der Waals surface area (Å²) in [5.41, 5.74) is 5.07. The molecule has 14 nitrogen and oxygen atoms in total. The number of carbonyl (C=O) groups is 2. The van der Waals surface area contributed by atoms with E-state index >= 15 is 0 Å². The van der Waals surface area contributed by atoms with Gasteiger partial charge in [0.05, 0.1) is 63.8 Å². The Kier molecular flexibility index (Phi) is 16.0. The maximum atomic E-state index is 14.0. The summed E-state index contributed by atoms with van der Waals surface area (Å²) in [5.74, 6) is 1.57. The van der Waals surface area contributed by atoms with Crippen LogP contribution in [0.4, 0.5) is 30.4 Å². The molecular formula is C47H48ClF3N8O6S2. The quantitative estimate of drug-likeness (QED) is 0.0668. The molecule has 0 saturated heterocycles. The number of nitrogens with zero attached hydrogens (tertiary/aromatic N) is 5. The van der Waals surface area contributed by atoms with Gasteiger partial charge in [-0.25, -0.2) is 4.98 Å². The number of fused-ring (bicyclic) bond motifs is 4. The van der Waals surface area contributed by atoms with Crippen molar-refractivity contribution in [3.8, 4) is 21.9 Å². The van der Waals surface area contributed by atoms with E-state index in [1.807, 2.05) is 35.8 Å². The number of rotatable bonds is 19. The average molecular weight is 978 g/mol. The smallest absolute Gasteiger partial charge is 0.417 e. The molecule has 0 radical (unpaired) electrons. The second-order valence-electron chi connectivity index (χ2n) is 15.5. The van der Waals surface area contributed by atoms with Gasteiger partial charge in [-0.3, -0.25) is 19.1 Å². The molecular weight excluding hydrogens is 929 g/mol. The summed E-state index contributed by atoms with van der Waals surface area (Å²) < 4.78 is 66.6. The van der Waals surface area contributed by atoms with Gasteiger partial charge in [0.25, 0.3) is 0 Å². The van der Waals surface area contributed by atoms with Crippen LogP contribution in [-0.4, -0.2) is 90.1 Å². The third kappa shape index (κ3) is 11.8. The van der Waals surface area contributed by atoms with Gasteiger partial charge in [-0.05, 0) is 92.1 Å². The molecule has 5 heterocycles. The fourth-order valence-corrected chi connectivity index (χ4v) is 8.92. The standard InChI is InChI=1S/C47H46ClF3N8O6S.H2S/c1-27-28(2)66-46-43(27)44(30-4-7-33(48)8-5-30)56-39(45-58-57-29(3)59(45)46)25-42(61)54-34-9-11-35(12-10-34)65-21-20-64-19-18-63-17-16-62-15-14-52-40-24-37(47(49,50)51)36(26-53-40)31-6-13-38-32(22-31)23-41(60)55-38;/h4-13,22,24,26,39H,14-21,23,25H2,1-3H3,(H,52,53)(H,54,61)(H,55,60);1H2/t39-;/m0./s1. The number of pyridine rings is 1.